The number of para-hydroxylation sites is 1. The second-order valence-electron chi connectivity index (χ2n) is 7.57. The molecule has 0 aliphatic heterocycles. The van der Waals surface area contributed by atoms with Crippen molar-refractivity contribution in [1.82, 2.24) is 10.3 Å². The minimum atomic E-state index is -0.0865. The molecular weight excluding hydrogens is 376 g/mol. The lowest BCUT2D eigenvalue weighted by atomic mass is 9.87. The largest absolute Gasteiger partial charge is 0.493 e. The number of nitrogens with one attached hydrogen (secondary N) is 2. The predicted octanol–water partition coefficient (Wildman–Crippen LogP) is 5.40. The van der Waals surface area contributed by atoms with Gasteiger partial charge in [0.2, 0.25) is 5.91 Å². The highest BCUT2D eigenvalue weighted by molar-refractivity contribution is 5.86. The summed E-state index contributed by atoms with van der Waals surface area (Å²) in [6, 6.07) is 14.1. The molecule has 1 aromatic heterocycles. The molecule has 2 N–H and O–H groups in total. The van der Waals surface area contributed by atoms with Gasteiger partial charge >= 0.3 is 0 Å². The molecule has 0 aliphatic rings. The quantitative estimate of drug-likeness (QED) is 0.417. The number of aromatic nitrogens is 1. The monoisotopic (exact) mass is 408 g/mol. The van der Waals surface area contributed by atoms with Crippen LogP contribution in [-0.4, -0.2) is 31.7 Å². The van der Waals surface area contributed by atoms with E-state index >= 15 is 0 Å². The van der Waals surface area contributed by atoms with E-state index in [9.17, 15) is 4.79 Å². The van der Waals surface area contributed by atoms with E-state index in [-0.39, 0.29) is 11.8 Å². The Labute approximate surface area is 178 Å². The zero-order valence-corrected chi connectivity index (χ0v) is 18.2. The van der Waals surface area contributed by atoms with Crippen molar-refractivity contribution in [2.75, 3.05) is 20.8 Å². The molecule has 30 heavy (non-hydrogen) atoms. The number of ether oxygens (including phenoxy) is 2. The van der Waals surface area contributed by atoms with E-state index in [0.29, 0.717) is 17.9 Å². The molecular formula is C25H32N2O3. The summed E-state index contributed by atoms with van der Waals surface area (Å²) in [6.07, 6.45) is 6.97. The maximum Gasteiger partial charge on any atom is 0.220 e. The first-order valence-electron chi connectivity index (χ1n) is 10.7. The van der Waals surface area contributed by atoms with Gasteiger partial charge in [-0.05, 0) is 35.7 Å². The third-order valence-electron chi connectivity index (χ3n) is 5.55. The van der Waals surface area contributed by atoms with Gasteiger partial charge in [-0.15, -0.1) is 0 Å². The predicted molar refractivity (Wildman–Crippen MR) is 121 cm³/mol. The van der Waals surface area contributed by atoms with Crippen molar-refractivity contribution in [1.29, 1.82) is 0 Å². The van der Waals surface area contributed by atoms with E-state index in [1.54, 1.807) is 14.2 Å². The van der Waals surface area contributed by atoms with Crippen molar-refractivity contribution in [3.63, 3.8) is 0 Å². The van der Waals surface area contributed by atoms with Gasteiger partial charge in [-0.2, -0.15) is 0 Å². The second kappa shape index (κ2) is 10.7. The molecule has 2 aromatic carbocycles. The highest BCUT2D eigenvalue weighted by atomic mass is 16.5. The van der Waals surface area contributed by atoms with Crippen LogP contribution in [0.15, 0.2) is 48.7 Å². The number of carbonyl (C=O) groups excluding carboxylic acids is 1. The number of benzene rings is 2. The smallest absolute Gasteiger partial charge is 0.220 e. The van der Waals surface area contributed by atoms with Gasteiger partial charge in [0.15, 0.2) is 11.5 Å². The Morgan fingerprint density at radius 1 is 1.03 bits per heavy atom. The second-order valence-corrected chi connectivity index (χ2v) is 7.57. The van der Waals surface area contributed by atoms with Crippen LogP contribution in [0, 0.1) is 0 Å². The maximum absolute atomic E-state index is 12.8. The summed E-state index contributed by atoms with van der Waals surface area (Å²) in [5.74, 6) is 1.33. The summed E-state index contributed by atoms with van der Waals surface area (Å²) in [5.41, 5.74) is 3.20. The van der Waals surface area contributed by atoms with Gasteiger partial charge in [0.1, 0.15) is 0 Å². The lowest BCUT2D eigenvalue weighted by molar-refractivity contribution is -0.121. The summed E-state index contributed by atoms with van der Waals surface area (Å²) < 4.78 is 10.9. The van der Waals surface area contributed by atoms with E-state index in [1.807, 2.05) is 36.5 Å². The van der Waals surface area contributed by atoms with Crippen LogP contribution in [0.2, 0.25) is 0 Å². The van der Waals surface area contributed by atoms with E-state index < -0.39 is 0 Å². The van der Waals surface area contributed by atoms with E-state index in [1.165, 1.54) is 12.8 Å². The van der Waals surface area contributed by atoms with Gasteiger partial charge in [-0.25, -0.2) is 0 Å². The van der Waals surface area contributed by atoms with E-state index in [0.717, 1.165) is 41.4 Å². The Balaban J connectivity index is 1.87. The summed E-state index contributed by atoms with van der Waals surface area (Å²) in [4.78, 5) is 16.1. The molecule has 0 saturated heterocycles. The molecule has 3 aromatic rings. The molecule has 5 nitrogen and oxygen atoms in total. The summed E-state index contributed by atoms with van der Waals surface area (Å²) in [5, 5.41) is 4.23. The molecule has 0 radical (unpaired) electrons. The Bertz CT molecular complexity index is 964. The standard InChI is InChI=1S/C25H32N2O3/c1-4-5-6-9-14-26-25(28)16-20(18-12-13-23(29-2)24(15-18)30-3)21-17-27-22-11-8-7-10-19(21)22/h7-8,10-13,15,17,20,27H,4-6,9,14,16H2,1-3H3,(H,26,28)/t20-/m1/s1. The molecule has 1 heterocycles. The lowest BCUT2D eigenvalue weighted by Gasteiger charge is -2.19. The Morgan fingerprint density at radius 2 is 1.83 bits per heavy atom. The Hall–Kier alpha value is -2.95. The van der Waals surface area contributed by atoms with Crippen LogP contribution in [0.5, 0.6) is 11.5 Å². The van der Waals surface area contributed by atoms with Crippen LogP contribution >= 0.6 is 0 Å². The van der Waals surface area contributed by atoms with Crippen molar-refractivity contribution < 1.29 is 14.3 Å². The van der Waals surface area contributed by atoms with Crippen LogP contribution in [0.1, 0.15) is 56.1 Å². The zero-order valence-electron chi connectivity index (χ0n) is 18.2. The van der Waals surface area contributed by atoms with Crippen LogP contribution in [0.4, 0.5) is 0 Å². The van der Waals surface area contributed by atoms with Gasteiger partial charge in [-0.1, -0.05) is 50.5 Å². The number of unbranched alkanes of at least 4 members (excludes halogenated alkanes) is 3. The molecule has 0 unspecified atom stereocenters. The average molecular weight is 409 g/mol. The molecule has 3 rings (SSSR count). The molecule has 0 bridgehead atoms. The normalized spacial score (nSPS) is 12.0. The fourth-order valence-corrected chi connectivity index (χ4v) is 3.90. The first-order valence-corrected chi connectivity index (χ1v) is 10.7. The summed E-state index contributed by atoms with van der Waals surface area (Å²) in [7, 11) is 3.26. The minimum absolute atomic E-state index is 0.0663. The minimum Gasteiger partial charge on any atom is -0.493 e. The van der Waals surface area contributed by atoms with Gasteiger partial charge in [0, 0.05) is 36.0 Å². The van der Waals surface area contributed by atoms with Crippen LogP contribution in [-0.2, 0) is 4.79 Å². The van der Waals surface area contributed by atoms with Gasteiger partial charge in [0.05, 0.1) is 14.2 Å². The Morgan fingerprint density at radius 3 is 2.60 bits per heavy atom. The first kappa shape index (κ1) is 21.8. The van der Waals surface area contributed by atoms with Crippen LogP contribution < -0.4 is 14.8 Å². The third-order valence-corrected chi connectivity index (χ3v) is 5.55. The van der Waals surface area contributed by atoms with Crippen molar-refractivity contribution in [2.24, 2.45) is 0 Å². The van der Waals surface area contributed by atoms with Gasteiger partial charge in [-0.3, -0.25) is 4.79 Å². The zero-order chi connectivity index (χ0) is 21.3. The molecule has 160 valence electrons. The van der Waals surface area contributed by atoms with Crippen molar-refractivity contribution >= 4 is 16.8 Å². The molecule has 0 fully saturated rings. The fraction of sp³-hybridized carbons (Fsp3) is 0.400. The number of rotatable bonds is 11. The van der Waals surface area contributed by atoms with E-state index in [4.69, 9.17) is 9.47 Å². The number of methoxy groups -OCH3 is 2. The number of amides is 1. The molecule has 0 aliphatic carbocycles. The lowest BCUT2D eigenvalue weighted by Crippen LogP contribution is -2.26. The number of H-pyrrole nitrogens is 1. The van der Waals surface area contributed by atoms with Crippen molar-refractivity contribution in [2.45, 2.75) is 44.9 Å². The first-order chi connectivity index (χ1) is 14.7. The number of hydrogen-bond donors (Lipinski definition) is 2. The number of hydrogen-bond acceptors (Lipinski definition) is 3. The molecule has 1 atom stereocenters. The molecule has 0 spiro atoms. The number of carbonyl (C=O) groups is 1. The van der Waals surface area contributed by atoms with E-state index in [2.05, 4.69) is 29.4 Å². The van der Waals surface area contributed by atoms with Gasteiger partial charge < -0.3 is 19.8 Å². The molecule has 0 saturated carbocycles. The maximum atomic E-state index is 12.8. The molecule has 1 amide bonds. The summed E-state index contributed by atoms with van der Waals surface area (Å²) in [6.45, 7) is 2.92. The average Bonchev–Trinajstić information content (AvgIpc) is 3.20. The SMILES string of the molecule is CCCCCCNC(=O)C[C@H](c1ccc(OC)c(OC)c1)c1c[nH]c2ccccc12. The van der Waals surface area contributed by atoms with Gasteiger partial charge in [0.25, 0.3) is 0 Å². The molecule has 5 heteroatoms. The summed E-state index contributed by atoms with van der Waals surface area (Å²) >= 11 is 0. The third kappa shape index (κ3) is 5.15. The highest BCUT2D eigenvalue weighted by Crippen LogP contribution is 2.37. The van der Waals surface area contributed by atoms with Crippen molar-refractivity contribution in [3.8, 4) is 11.5 Å². The van der Waals surface area contributed by atoms with Crippen LogP contribution in [0.25, 0.3) is 10.9 Å². The van der Waals surface area contributed by atoms with Crippen molar-refractivity contribution in [3.05, 3.63) is 59.8 Å². The number of fused-ring (bicyclic) bond motifs is 1. The Kier molecular flexibility index (Phi) is 7.77. The number of aromatic amines is 1. The fourth-order valence-electron chi connectivity index (χ4n) is 3.90. The highest BCUT2D eigenvalue weighted by Gasteiger charge is 2.22. The topological polar surface area (TPSA) is 63.4 Å². The van der Waals surface area contributed by atoms with Crippen LogP contribution in [0.3, 0.4) is 0 Å².